The van der Waals surface area contributed by atoms with E-state index in [1.54, 1.807) is 6.92 Å². The molecule has 2 heteroatoms. The van der Waals surface area contributed by atoms with E-state index in [0.29, 0.717) is 5.76 Å². The average molecular weight is 244 g/mol. The van der Waals surface area contributed by atoms with Gasteiger partial charge in [-0.3, -0.25) is 4.79 Å². The number of carbonyl (C=O) groups excluding carboxylic acids is 1. The lowest BCUT2D eigenvalue weighted by molar-refractivity contribution is -0.0154. The van der Waals surface area contributed by atoms with E-state index >= 15 is 0 Å². The summed E-state index contributed by atoms with van der Waals surface area (Å²) in [5.41, 5.74) is 0.280. The topological polar surface area (TPSA) is 30.2 Å². The lowest BCUT2D eigenvalue weighted by Crippen LogP contribution is -2.48. The summed E-state index contributed by atoms with van der Waals surface area (Å²) in [7, 11) is 0. The van der Waals surface area contributed by atoms with Gasteiger partial charge in [-0.2, -0.15) is 0 Å². The van der Waals surface area contributed by atoms with Gasteiger partial charge in [0, 0.05) is 12.3 Å². The van der Waals surface area contributed by atoms with Crippen LogP contribution in [-0.2, 0) is 5.41 Å². The lowest BCUT2D eigenvalue weighted by atomic mass is 9.49. The minimum Gasteiger partial charge on any atom is -0.457 e. The van der Waals surface area contributed by atoms with E-state index in [4.69, 9.17) is 4.42 Å². The highest BCUT2D eigenvalue weighted by atomic mass is 16.3. The first-order valence-electron chi connectivity index (χ1n) is 7.26. The van der Waals surface area contributed by atoms with Crippen LogP contribution in [0.5, 0.6) is 0 Å². The minimum atomic E-state index is 0.0472. The molecule has 1 aromatic heterocycles. The number of carbonyl (C=O) groups is 1. The maximum absolute atomic E-state index is 11.4. The first-order chi connectivity index (χ1) is 8.64. The smallest absolute Gasteiger partial charge is 0.194 e. The third-order valence-electron chi connectivity index (χ3n) is 5.51. The van der Waals surface area contributed by atoms with Gasteiger partial charge in [0.25, 0.3) is 0 Å². The molecule has 0 aliphatic heterocycles. The van der Waals surface area contributed by atoms with E-state index in [1.165, 1.54) is 38.5 Å². The zero-order valence-corrected chi connectivity index (χ0v) is 10.9. The standard InChI is InChI=1S/C16H20O2/c1-10(17)14-2-3-15(18-14)16-7-11-4-12(8-16)6-13(5-11)9-16/h2-3,11-13H,4-9H2,1H3. The summed E-state index contributed by atoms with van der Waals surface area (Å²) in [6.45, 7) is 1.59. The van der Waals surface area contributed by atoms with E-state index in [2.05, 4.69) is 6.07 Å². The molecule has 0 aromatic carbocycles. The number of ketones is 1. The van der Waals surface area contributed by atoms with Crippen molar-refractivity contribution in [2.24, 2.45) is 17.8 Å². The van der Waals surface area contributed by atoms with Gasteiger partial charge in [0.15, 0.2) is 11.5 Å². The van der Waals surface area contributed by atoms with Crippen molar-refractivity contribution in [1.29, 1.82) is 0 Å². The maximum Gasteiger partial charge on any atom is 0.194 e. The van der Waals surface area contributed by atoms with E-state index in [-0.39, 0.29) is 11.2 Å². The number of hydrogen-bond acceptors (Lipinski definition) is 2. The molecule has 0 N–H and O–H groups in total. The molecule has 96 valence electrons. The van der Waals surface area contributed by atoms with Crippen LogP contribution in [-0.4, -0.2) is 5.78 Å². The van der Waals surface area contributed by atoms with Crippen LogP contribution in [0.2, 0.25) is 0 Å². The summed E-state index contributed by atoms with van der Waals surface area (Å²) >= 11 is 0. The summed E-state index contributed by atoms with van der Waals surface area (Å²) in [5.74, 6) is 4.45. The van der Waals surface area contributed by atoms with Gasteiger partial charge in [-0.05, 0) is 68.4 Å². The average Bonchev–Trinajstić information content (AvgIpc) is 2.76. The van der Waals surface area contributed by atoms with Gasteiger partial charge >= 0.3 is 0 Å². The van der Waals surface area contributed by atoms with E-state index in [0.717, 1.165) is 23.5 Å². The van der Waals surface area contributed by atoms with E-state index in [1.807, 2.05) is 6.07 Å². The Balaban J connectivity index is 1.72. The fourth-order valence-electron chi connectivity index (χ4n) is 5.22. The molecule has 0 atom stereocenters. The van der Waals surface area contributed by atoms with Gasteiger partial charge < -0.3 is 4.42 Å². The van der Waals surface area contributed by atoms with E-state index in [9.17, 15) is 4.79 Å². The van der Waals surface area contributed by atoms with Crippen molar-refractivity contribution in [2.45, 2.75) is 50.9 Å². The fourth-order valence-corrected chi connectivity index (χ4v) is 5.22. The Labute approximate surface area is 108 Å². The largest absolute Gasteiger partial charge is 0.457 e. The Hall–Kier alpha value is -1.05. The van der Waals surface area contributed by atoms with Gasteiger partial charge in [0.1, 0.15) is 5.76 Å². The van der Waals surface area contributed by atoms with Crippen LogP contribution in [0.4, 0.5) is 0 Å². The molecule has 0 saturated heterocycles. The Bertz CT molecular complexity index is 462. The van der Waals surface area contributed by atoms with Crippen LogP contribution in [0.1, 0.15) is 61.8 Å². The molecule has 4 aliphatic rings. The van der Waals surface area contributed by atoms with Crippen LogP contribution in [0.15, 0.2) is 16.5 Å². The highest BCUT2D eigenvalue weighted by molar-refractivity contribution is 5.91. The second-order valence-electron chi connectivity index (χ2n) is 6.92. The molecule has 0 amide bonds. The Morgan fingerprint density at radius 3 is 2.11 bits per heavy atom. The van der Waals surface area contributed by atoms with Crippen molar-refractivity contribution in [3.63, 3.8) is 0 Å². The van der Waals surface area contributed by atoms with Gasteiger partial charge in [-0.15, -0.1) is 0 Å². The molecule has 0 unspecified atom stereocenters. The highest BCUT2D eigenvalue weighted by Crippen LogP contribution is 2.60. The third-order valence-corrected chi connectivity index (χ3v) is 5.51. The summed E-state index contributed by atoms with van der Waals surface area (Å²) in [4.78, 5) is 11.4. The van der Waals surface area contributed by atoms with Gasteiger partial charge in [0.05, 0.1) is 0 Å². The van der Waals surface area contributed by atoms with Gasteiger partial charge in [-0.25, -0.2) is 0 Å². The van der Waals surface area contributed by atoms with Crippen molar-refractivity contribution < 1.29 is 9.21 Å². The molecule has 4 fully saturated rings. The summed E-state index contributed by atoms with van der Waals surface area (Å²) in [6, 6.07) is 3.94. The molecule has 4 bridgehead atoms. The maximum atomic E-state index is 11.4. The van der Waals surface area contributed by atoms with Crippen LogP contribution in [0, 0.1) is 17.8 Å². The minimum absolute atomic E-state index is 0.0472. The predicted molar refractivity (Wildman–Crippen MR) is 68.6 cm³/mol. The molecular formula is C16H20O2. The molecule has 1 aromatic rings. The van der Waals surface area contributed by atoms with Crippen molar-refractivity contribution >= 4 is 5.78 Å². The van der Waals surface area contributed by atoms with Crippen molar-refractivity contribution in [2.75, 3.05) is 0 Å². The Morgan fingerprint density at radius 1 is 1.11 bits per heavy atom. The van der Waals surface area contributed by atoms with Crippen LogP contribution in [0.3, 0.4) is 0 Å². The second kappa shape index (κ2) is 3.49. The molecule has 1 heterocycles. The fraction of sp³-hybridized carbons (Fsp3) is 0.688. The lowest BCUT2D eigenvalue weighted by Gasteiger charge is -2.55. The van der Waals surface area contributed by atoms with Crippen LogP contribution in [0.25, 0.3) is 0 Å². The van der Waals surface area contributed by atoms with Crippen molar-refractivity contribution in [3.8, 4) is 0 Å². The SMILES string of the molecule is CC(=O)c1ccc(C23CC4CC(CC(C4)C2)C3)o1. The monoisotopic (exact) mass is 244 g/mol. The normalized spacial score (nSPS) is 41.3. The van der Waals surface area contributed by atoms with Crippen LogP contribution >= 0.6 is 0 Å². The van der Waals surface area contributed by atoms with Gasteiger partial charge in [-0.1, -0.05) is 0 Å². The zero-order chi connectivity index (χ0) is 12.3. The highest BCUT2D eigenvalue weighted by Gasteiger charge is 2.53. The summed E-state index contributed by atoms with van der Waals surface area (Å²) in [6.07, 6.45) is 8.22. The molecule has 4 saturated carbocycles. The number of hydrogen-bond donors (Lipinski definition) is 0. The molecule has 5 rings (SSSR count). The molecular weight excluding hydrogens is 224 g/mol. The molecule has 4 aliphatic carbocycles. The second-order valence-corrected chi connectivity index (χ2v) is 6.92. The predicted octanol–water partition coefficient (Wildman–Crippen LogP) is 3.95. The first-order valence-corrected chi connectivity index (χ1v) is 7.26. The molecule has 0 spiro atoms. The van der Waals surface area contributed by atoms with Crippen LogP contribution < -0.4 is 0 Å². The quantitative estimate of drug-likeness (QED) is 0.737. The zero-order valence-electron chi connectivity index (χ0n) is 10.9. The summed E-state index contributed by atoms with van der Waals surface area (Å²) in [5, 5.41) is 0. The molecule has 2 nitrogen and oxygen atoms in total. The molecule has 0 radical (unpaired) electrons. The van der Waals surface area contributed by atoms with E-state index < -0.39 is 0 Å². The van der Waals surface area contributed by atoms with Gasteiger partial charge in [0.2, 0.25) is 0 Å². The Kier molecular flexibility index (Phi) is 2.10. The summed E-state index contributed by atoms with van der Waals surface area (Å²) < 4.78 is 5.88. The van der Waals surface area contributed by atoms with Crippen molar-refractivity contribution in [3.05, 3.63) is 23.7 Å². The number of rotatable bonds is 2. The number of furan rings is 1. The number of Topliss-reactive ketones (excluding diaryl/α,β-unsaturated/α-hetero) is 1. The molecule has 18 heavy (non-hydrogen) atoms. The van der Waals surface area contributed by atoms with Crippen molar-refractivity contribution in [1.82, 2.24) is 0 Å². The first kappa shape index (κ1) is 10.8. The third kappa shape index (κ3) is 1.44. The Morgan fingerprint density at radius 2 is 1.67 bits per heavy atom.